The standard InChI is InChI=1S/C13H14BrN3O/c14-10-5-2-1-4-9(10)8-12-15-16-13-11(18)6-3-7-17(12)13/h1-2,4-5,11,18H,3,6-8H2. The van der Waals surface area contributed by atoms with Gasteiger partial charge in [-0.1, -0.05) is 34.1 Å². The molecule has 1 N–H and O–H groups in total. The molecule has 1 atom stereocenters. The van der Waals surface area contributed by atoms with Crippen molar-refractivity contribution in [1.29, 1.82) is 0 Å². The summed E-state index contributed by atoms with van der Waals surface area (Å²) in [6, 6.07) is 8.11. The van der Waals surface area contributed by atoms with Gasteiger partial charge in [-0.2, -0.15) is 0 Å². The van der Waals surface area contributed by atoms with Crippen molar-refractivity contribution >= 4 is 15.9 Å². The summed E-state index contributed by atoms with van der Waals surface area (Å²) < 4.78 is 3.13. The van der Waals surface area contributed by atoms with Gasteiger partial charge in [-0.15, -0.1) is 10.2 Å². The molecule has 4 nitrogen and oxygen atoms in total. The summed E-state index contributed by atoms with van der Waals surface area (Å²) in [6.45, 7) is 0.902. The van der Waals surface area contributed by atoms with Gasteiger partial charge >= 0.3 is 0 Å². The Kier molecular flexibility index (Phi) is 3.18. The van der Waals surface area contributed by atoms with E-state index in [1.165, 1.54) is 5.56 Å². The average molecular weight is 308 g/mol. The second kappa shape index (κ2) is 4.82. The lowest BCUT2D eigenvalue weighted by atomic mass is 10.1. The summed E-state index contributed by atoms with van der Waals surface area (Å²) in [5, 5.41) is 18.2. The lowest BCUT2D eigenvalue weighted by Gasteiger charge is -2.19. The molecule has 5 heteroatoms. The van der Waals surface area contributed by atoms with Crippen molar-refractivity contribution in [2.45, 2.75) is 31.9 Å². The van der Waals surface area contributed by atoms with Gasteiger partial charge in [-0.05, 0) is 24.5 Å². The van der Waals surface area contributed by atoms with E-state index >= 15 is 0 Å². The zero-order valence-electron chi connectivity index (χ0n) is 9.88. The molecule has 18 heavy (non-hydrogen) atoms. The second-order valence-electron chi connectivity index (χ2n) is 4.55. The highest BCUT2D eigenvalue weighted by Crippen LogP contribution is 2.26. The molecule has 0 spiro atoms. The van der Waals surface area contributed by atoms with Crippen LogP contribution in [0.2, 0.25) is 0 Å². The number of rotatable bonds is 2. The minimum Gasteiger partial charge on any atom is -0.385 e. The molecule has 2 aromatic rings. The van der Waals surface area contributed by atoms with Gasteiger partial charge in [-0.25, -0.2) is 0 Å². The third-order valence-electron chi connectivity index (χ3n) is 3.32. The zero-order valence-corrected chi connectivity index (χ0v) is 11.5. The second-order valence-corrected chi connectivity index (χ2v) is 5.41. The van der Waals surface area contributed by atoms with Gasteiger partial charge in [0, 0.05) is 17.4 Å². The SMILES string of the molecule is OC1CCCn2c(Cc3ccccc3Br)nnc21. The predicted octanol–water partition coefficient (Wildman–Crippen LogP) is 2.46. The van der Waals surface area contributed by atoms with Gasteiger partial charge in [0.2, 0.25) is 0 Å². The van der Waals surface area contributed by atoms with E-state index in [1.807, 2.05) is 22.8 Å². The fourth-order valence-corrected chi connectivity index (χ4v) is 2.78. The summed E-state index contributed by atoms with van der Waals surface area (Å²) in [7, 11) is 0. The van der Waals surface area contributed by atoms with E-state index in [0.29, 0.717) is 5.82 Å². The number of halogens is 1. The van der Waals surface area contributed by atoms with E-state index in [2.05, 4.69) is 32.2 Å². The van der Waals surface area contributed by atoms with Crippen LogP contribution in [-0.4, -0.2) is 19.9 Å². The first-order valence-electron chi connectivity index (χ1n) is 6.09. The fraction of sp³-hybridized carbons (Fsp3) is 0.385. The van der Waals surface area contributed by atoms with E-state index in [-0.39, 0.29) is 0 Å². The fourth-order valence-electron chi connectivity index (χ4n) is 2.35. The lowest BCUT2D eigenvalue weighted by molar-refractivity contribution is 0.133. The van der Waals surface area contributed by atoms with E-state index in [9.17, 15) is 5.11 Å². The monoisotopic (exact) mass is 307 g/mol. The van der Waals surface area contributed by atoms with Crippen LogP contribution >= 0.6 is 15.9 Å². The summed E-state index contributed by atoms with van der Waals surface area (Å²) in [4.78, 5) is 0. The molecule has 1 aromatic heterocycles. The normalized spacial score (nSPS) is 18.7. The minimum atomic E-state index is -0.459. The molecule has 0 saturated carbocycles. The Balaban J connectivity index is 1.92. The van der Waals surface area contributed by atoms with Crippen LogP contribution in [0.4, 0.5) is 0 Å². The van der Waals surface area contributed by atoms with Gasteiger partial charge < -0.3 is 9.67 Å². The smallest absolute Gasteiger partial charge is 0.161 e. The van der Waals surface area contributed by atoms with Crippen LogP contribution in [-0.2, 0) is 13.0 Å². The van der Waals surface area contributed by atoms with Gasteiger partial charge in [0.05, 0.1) is 0 Å². The third-order valence-corrected chi connectivity index (χ3v) is 4.09. The van der Waals surface area contributed by atoms with E-state index in [1.54, 1.807) is 0 Å². The summed E-state index contributed by atoms with van der Waals surface area (Å²) in [5.74, 6) is 1.64. The Morgan fingerprint density at radius 1 is 1.33 bits per heavy atom. The molecule has 1 aliphatic heterocycles. The highest BCUT2D eigenvalue weighted by molar-refractivity contribution is 9.10. The Morgan fingerprint density at radius 2 is 2.17 bits per heavy atom. The summed E-state index contributed by atoms with van der Waals surface area (Å²) in [6.07, 6.45) is 2.04. The average Bonchev–Trinajstić information content (AvgIpc) is 2.77. The van der Waals surface area contributed by atoms with Gasteiger partial charge in [0.25, 0.3) is 0 Å². The maximum absolute atomic E-state index is 9.86. The molecule has 0 amide bonds. The van der Waals surface area contributed by atoms with Crippen LogP contribution in [0.1, 0.15) is 36.2 Å². The molecule has 94 valence electrons. The van der Waals surface area contributed by atoms with Gasteiger partial charge in [0.1, 0.15) is 11.9 Å². The van der Waals surface area contributed by atoms with Crippen LogP contribution in [0.25, 0.3) is 0 Å². The quantitative estimate of drug-likeness (QED) is 0.927. The molecular formula is C13H14BrN3O. The molecule has 1 unspecified atom stereocenters. The van der Waals surface area contributed by atoms with Crippen LogP contribution < -0.4 is 0 Å². The molecule has 0 saturated heterocycles. The maximum atomic E-state index is 9.86. The van der Waals surface area contributed by atoms with Crippen LogP contribution in [0.5, 0.6) is 0 Å². The number of aliphatic hydroxyl groups is 1. The Bertz CT molecular complexity index is 567. The molecule has 3 rings (SSSR count). The molecule has 0 aliphatic carbocycles. The van der Waals surface area contributed by atoms with E-state index < -0.39 is 6.10 Å². The van der Waals surface area contributed by atoms with Crippen LogP contribution in [0.15, 0.2) is 28.7 Å². The van der Waals surface area contributed by atoms with Gasteiger partial charge in [0.15, 0.2) is 5.82 Å². The predicted molar refractivity (Wildman–Crippen MR) is 71.2 cm³/mol. The van der Waals surface area contributed by atoms with Crippen molar-refractivity contribution in [2.24, 2.45) is 0 Å². The Labute approximate surface area is 114 Å². The maximum Gasteiger partial charge on any atom is 0.161 e. The van der Waals surface area contributed by atoms with Crippen LogP contribution in [0, 0.1) is 0 Å². The number of hydrogen-bond donors (Lipinski definition) is 1. The summed E-state index contributed by atoms with van der Waals surface area (Å²) >= 11 is 3.54. The third kappa shape index (κ3) is 2.08. The molecule has 0 radical (unpaired) electrons. The number of fused-ring (bicyclic) bond motifs is 1. The largest absolute Gasteiger partial charge is 0.385 e. The first-order valence-corrected chi connectivity index (χ1v) is 6.88. The first kappa shape index (κ1) is 11.9. The molecule has 0 fully saturated rings. The number of nitrogens with zero attached hydrogens (tertiary/aromatic N) is 3. The lowest BCUT2D eigenvalue weighted by Crippen LogP contribution is -2.17. The molecule has 1 aliphatic rings. The number of benzene rings is 1. The number of hydrogen-bond acceptors (Lipinski definition) is 3. The first-order chi connectivity index (χ1) is 8.75. The number of aromatic nitrogens is 3. The van der Waals surface area contributed by atoms with Crippen molar-refractivity contribution in [1.82, 2.24) is 14.8 Å². The Hall–Kier alpha value is -1.20. The molecule has 2 heterocycles. The van der Waals surface area contributed by atoms with Crippen molar-refractivity contribution in [3.8, 4) is 0 Å². The van der Waals surface area contributed by atoms with Crippen LogP contribution in [0.3, 0.4) is 0 Å². The van der Waals surface area contributed by atoms with E-state index in [4.69, 9.17) is 0 Å². The summed E-state index contributed by atoms with van der Waals surface area (Å²) in [5.41, 5.74) is 1.19. The van der Waals surface area contributed by atoms with Crippen molar-refractivity contribution < 1.29 is 5.11 Å². The highest BCUT2D eigenvalue weighted by Gasteiger charge is 2.23. The Morgan fingerprint density at radius 3 is 3.00 bits per heavy atom. The molecule has 0 bridgehead atoms. The topological polar surface area (TPSA) is 50.9 Å². The van der Waals surface area contributed by atoms with Crippen molar-refractivity contribution in [2.75, 3.05) is 0 Å². The zero-order chi connectivity index (χ0) is 12.5. The highest BCUT2D eigenvalue weighted by atomic mass is 79.9. The van der Waals surface area contributed by atoms with Crippen molar-refractivity contribution in [3.63, 3.8) is 0 Å². The van der Waals surface area contributed by atoms with Crippen molar-refractivity contribution in [3.05, 3.63) is 46.0 Å². The molecule has 1 aromatic carbocycles. The van der Waals surface area contributed by atoms with Gasteiger partial charge in [-0.3, -0.25) is 0 Å². The van der Waals surface area contributed by atoms with E-state index in [0.717, 1.165) is 36.1 Å². The molecular weight excluding hydrogens is 294 g/mol. The minimum absolute atomic E-state index is 0.459. The number of aliphatic hydroxyl groups excluding tert-OH is 1.